The van der Waals surface area contributed by atoms with Crippen LogP contribution < -0.4 is 0 Å². The van der Waals surface area contributed by atoms with Crippen LogP contribution in [-0.2, 0) is 27.3 Å². The highest BCUT2D eigenvalue weighted by Crippen LogP contribution is 2.36. The van der Waals surface area contributed by atoms with Gasteiger partial charge in [-0.3, -0.25) is 14.3 Å². The molecule has 1 aromatic carbocycles. The number of carbonyl (C=O) groups is 2. The lowest BCUT2D eigenvalue weighted by molar-refractivity contribution is -0.140. The van der Waals surface area contributed by atoms with E-state index in [9.17, 15) is 22.4 Å². The fourth-order valence-corrected chi connectivity index (χ4v) is 6.65. The van der Waals surface area contributed by atoms with E-state index in [1.54, 1.807) is 12.1 Å². The molecule has 4 heterocycles. The number of aromatic nitrogens is 3. The molecular weight excluding hydrogens is 573 g/mol. The van der Waals surface area contributed by atoms with Crippen LogP contribution in [0.1, 0.15) is 50.7 Å². The zero-order chi connectivity index (χ0) is 30.1. The van der Waals surface area contributed by atoms with Crippen molar-refractivity contribution < 1.29 is 26.8 Å². The van der Waals surface area contributed by atoms with Crippen LogP contribution in [-0.4, -0.2) is 62.8 Å². The first-order valence-electron chi connectivity index (χ1n) is 12.8. The Balaban J connectivity index is 1.52. The normalized spacial score (nSPS) is 16.0. The highest BCUT2D eigenvalue weighted by Gasteiger charge is 2.49. The summed E-state index contributed by atoms with van der Waals surface area (Å²) in [4.78, 5) is 33.2. The molecule has 0 spiro atoms. The van der Waals surface area contributed by atoms with Gasteiger partial charge in [0.15, 0.2) is 16.4 Å². The van der Waals surface area contributed by atoms with E-state index in [-0.39, 0.29) is 28.9 Å². The number of hydrogen-bond donors (Lipinski definition) is 0. The second kappa shape index (κ2) is 9.66. The van der Waals surface area contributed by atoms with Crippen LogP contribution in [0.25, 0.3) is 22.4 Å². The van der Waals surface area contributed by atoms with Crippen molar-refractivity contribution in [2.45, 2.75) is 50.6 Å². The summed E-state index contributed by atoms with van der Waals surface area (Å²) in [5.41, 5.74) is 0.558. The quantitative estimate of drug-likeness (QED) is 0.330. The molecule has 3 aromatic heterocycles. The molecule has 2 amide bonds. The van der Waals surface area contributed by atoms with E-state index in [1.165, 1.54) is 60.9 Å². The molecule has 1 fully saturated rings. The summed E-state index contributed by atoms with van der Waals surface area (Å²) >= 11 is 5.86. The van der Waals surface area contributed by atoms with Gasteiger partial charge in [0.05, 0.1) is 23.5 Å². The Hall–Kier alpha value is -3.77. The molecular formula is C28H29ClFN5O5S. The SMILES string of the molecule is Cn1nccc1S(=O)(=O)N1CCN(C(=O)c2cc3nc(-c4ccc(Cl)c(F)c4)cc(C(C)(C)C)c3o2)C(C)(C)C1=O. The maximum absolute atomic E-state index is 14.2. The van der Waals surface area contributed by atoms with Gasteiger partial charge in [-0.15, -0.1) is 0 Å². The number of carbonyl (C=O) groups excluding carboxylic acids is 2. The maximum atomic E-state index is 14.2. The Bertz CT molecular complexity index is 1820. The largest absolute Gasteiger partial charge is 0.449 e. The minimum Gasteiger partial charge on any atom is -0.449 e. The van der Waals surface area contributed by atoms with Gasteiger partial charge in [-0.25, -0.2) is 13.7 Å². The zero-order valence-electron chi connectivity index (χ0n) is 23.4. The molecule has 1 aliphatic rings. The van der Waals surface area contributed by atoms with E-state index < -0.39 is 38.6 Å². The lowest BCUT2D eigenvalue weighted by atomic mass is 9.86. The number of furan rings is 1. The monoisotopic (exact) mass is 601 g/mol. The highest BCUT2D eigenvalue weighted by molar-refractivity contribution is 7.89. The van der Waals surface area contributed by atoms with Crippen LogP contribution in [0, 0.1) is 5.82 Å². The average molecular weight is 602 g/mol. The molecule has 10 nitrogen and oxygen atoms in total. The molecule has 0 N–H and O–H groups in total. The molecule has 1 aliphatic heterocycles. The van der Waals surface area contributed by atoms with E-state index in [1.807, 2.05) is 20.8 Å². The number of pyridine rings is 1. The molecule has 0 bridgehead atoms. The van der Waals surface area contributed by atoms with Crippen molar-refractivity contribution in [1.82, 2.24) is 24.0 Å². The number of rotatable bonds is 4. The number of benzene rings is 1. The molecule has 0 aliphatic carbocycles. The first-order valence-corrected chi connectivity index (χ1v) is 14.6. The van der Waals surface area contributed by atoms with Crippen molar-refractivity contribution >= 4 is 44.5 Å². The first kappa shape index (κ1) is 28.7. The van der Waals surface area contributed by atoms with Gasteiger partial charge in [0, 0.05) is 30.8 Å². The maximum Gasteiger partial charge on any atom is 0.290 e. The van der Waals surface area contributed by atoms with E-state index in [4.69, 9.17) is 16.0 Å². The Morgan fingerprint density at radius 1 is 1.12 bits per heavy atom. The van der Waals surface area contributed by atoms with Gasteiger partial charge >= 0.3 is 0 Å². The molecule has 0 saturated carbocycles. The summed E-state index contributed by atoms with van der Waals surface area (Å²) in [5.74, 6) is -1.98. The van der Waals surface area contributed by atoms with Gasteiger partial charge in [-0.05, 0) is 43.5 Å². The van der Waals surface area contributed by atoms with Crippen molar-refractivity contribution in [2.24, 2.45) is 7.05 Å². The van der Waals surface area contributed by atoms with Crippen molar-refractivity contribution in [3.8, 4) is 11.3 Å². The lowest BCUT2D eigenvalue weighted by Crippen LogP contribution is -2.65. The molecule has 0 radical (unpaired) electrons. The van der Waals surface area contributed by atoms with Crippen LogP contribution in [0.2, 0.25) is 5.02 Å². The number of amides is 2. The molecule has 1 saturated heterocycles. The van der Waals surface area contributed by atoms with Crippen LogP contribution in [0.4, 0.5) is 4.39 Å². The Morgan fingerprint density at radius 3 is 2.44 bits per heavy atom. The number of aryl methyl sites for hydroxylation is 1. The van der Waals surface area contributed by atoms with Crippen molar-refractivity contribution in [3.05, 3.63) is 64.8 Å². The lowest BCUT2D eigenvalue weighted by Gasteiger charge is -2.44. The minimum absolute atomic E-state index is 0.00699. The van der Waals surface area contributed by atoms with Gasteiger partial charge in [0.25, 0.3) is 21.8 Å². The van der Waals surface area contributed by atoms with Gasteiger partial charge in [-0.1, -0.05) is 38.4 Å². The first-order chi connectivity index (χ1) is 19.0. The number of sulfonamides is 1. The van der Waals surface area contributed by atoms with E-state index in [0.29, 0.717) is 22.4 Å². The number of fused-ring (bicyclic) bond motifs is 1. The Kier molecular flexibility index (Phi) is 6.77. The Labute approximate surface area is 241 Å². The molecule has 4 aromatic rings. The van der Waals surface area contributed by atoms with E-state index in [2.05, 4.69) is 10.1 Å². The van der Waals surface area contributed by atoms with Gasteiger partial charge in [0.2, 0.25) is 0 Å². The topological polar surface area (TPSA) is 119 Å². The number of nitrogens with zero attached hydrogens (tertiary/aromatic N) is 5. The standard InChI is InChI=1S/C28H29ClFN5O5S/c1-27(2,3)17-14-20(16-7-8-18(29)19(30)13-16)32-21-15-22(40-24(17)21)25(36)34-11-12-35(26(37)28(34,4)5)41(38,39)23-9-10-31-33(23)6/h7-10,13-15H,11-12H2,1-6H3. The van der Waals surface area contributed by atoms with Gasteiger partial charge in [-0.2, -0.15) is 13.5 Å². The van der Waals surface area contributed by atoms with Crippen molar-refractivity contribution in [2.75, 3.05) is 13.1 Å². The predicted molar refractivity (Wildman–Crippen MR) is 150 cm³/mol. The van der Waals surface area contributed by atoms with Crippen LogP contribution in [0.15, 0.2) is 52.0 Å². The highest BCUT2D eigenvalue weighted by atomic mass is 35.5. The van der Waals surface area contributed by atoms with Crippen molar-refractivity contribution in [1.29, 1.82) is 0 Å². The molecule has 41 heavy (non-hydrogen) atoms. The van der Waals surface area contributed by atoms with Gasteiger partial charge < -0.3 is 9.32 Å². The Morgan fingerprint density at radius 2 is 1.83 bits per heavy atom. The van der Waals surface area contributed by atoms with Crippen LogP contribution in [0.3, 0.4) is 0 Å². The molecule has 0 unspecified atom stereocenters. The fraction of sp³-hybridized carbons (Fsp3) is 0.357. The fourth-order valence-electron chi connectivity index (χ4n) is 4.93. The minimum atomic E-state index is -4.18. The number of halogens is 2. The molecule has 216 valence electrons. The third-order valence-electron chi connectivity index (χ3n) is 7.24. The third kappa shape index (κ3) is 4.78. The summed E-state index contributed by atoms with van der Waals surface area (Å²) in [6.45, 7) is 8.62. The second-order valence-corrected chi connectivity index (χ2v) is 13.7. The smallest absolute Gasteiger partial charge is 0.290 e. The van der Waals surface area contributed by atoms with E-state index >= 15 is 0 Å². The molecule has 0 atom stereocenters. The summed E-state index contributed by atoms with van der Waals surface area (Å²) in [5, 5.41) is 3.76. The summed E-state index contributed by atoms with van der Waals surface area (Å²) in [6, 6.07) is 8.99. The van der Waals surface area contributed by atoms with E-state index in [0.717, 1.165) is 9.87 Å². The number of hydrogen-bond acceptors (Lipinski definition) is 7. The molecule has 13 heteroatoms. The predicted octanol–water partition coefficient (Wildman–Crippen LogP) is 4.77. The summed E-state index contributed by atoms with van der Waals surface area (Å²) < 4.78 is 48.7. The third-order valence-corrected chi connectivity index (χ3v) is 9.40. The second-order valence-electron chi connectivity index (χ2n) is 11.5. The van der Waals surface area contributed by atoms with Crippen LogP contribution in [0.5, 0.6) is 0 Å². The van der Waals surface area contributed by atoms with Crippen molar-refractivity contribution in [3.63, 3.8) is 0 Å². The molecule has 5 rings (SSSR count). The zero-order valence-corrected chi connectivity index (χ0v) is 25.0. The number of piperazine rings is 1. The van der Waals surface area contributed by atoms with Gasteiger partial charge in [0.1, 0.15) is 16.9 Å². The summed E-state index contributed by atoms with van der Waals surface area (Å²) in [6.07, 6.45) is 1.33. The average Bonchev–Trinajstić information content (AvgIpc) is 3.52. The van der Waals surface area contributed by atoms with Crippen LogP contribution >= 0.6 is 11.6 Å². The summed E-state index contributed by atoms with van der Waals surface area (Å²) in [7, 11) is -2.71.